The van der Waals surface area contributed by atoms with Crippen LogP contribution in [0.4, 0.5) is 5.82 Å². The van der Waals surface area contributed by atoms with Crippen molar-refractivity contribution < 1.29 is 28.3 Å². The van der Waals surface area contributed by atoms with Gasteiger partial charge in [-0.05, 0) is 0 Å². The van der Waals surface area contributed by atoms with Gasteiger partial charge in [-0.25, -0.2) is 19.5 Å². The summed E-state index contributed by atoms with van der Waals surface area (Å²) in [6.07, 6.45) is -0.638. The molecular weight excluding hydrogens is 329 g/mol. The van der Waals surface area contributed by atoms with Crippen LogP contribution >= 0.6 is 7.82 Å². The van der Waals surface area contributed by atoms with Crippen LogP contribution < -0.4 is 5.73 Å². The largest absolute Gasteiger partial charge is 0.472 e. The van der Waals surface area contributed by atoms with Crippen molar-refractivity contribution in [1.29, 1.82) is 0 Å². The number of nitrogen functional groups attached to an aromatic ring is 1. The van der Waals surface area contributed by atoms with Gasteiger partial charge < -0.3 is 20.5 Å². The second-order valence-electron chi connectivity index (χ2n) is 5.30. The maximum absolute atomic E-state index is 11.7. The molecular formula is C11H14N5O6P. The maximum Gasteiger partial charge on any atom is 0.472 e. The topological polar surface area (TPSA) is 155 Å². The van der Waals surface area contributed by atoms with E-state index >= 15 is 0 Å². The predicted molar refractivity (Wildman–Crippen MR) is 74.9 cm³/mol. The number of rotatable bonds is 1. The van der Waals surface area contributed by atoms with Gasteiger partial charge in [0.25, 0.3) is 0 Å². The molecule has 4 N–H and O–H groups in total. The van der Waals surface area contributed by atoms with E-state index in [9.17, 15) is 14.6 Å². The molecule has 11 nitrogen and oxygen atoms in total. The lowest BCUT2D eigenvalue weighted by Crippen LogP contribution is -2.32. The number of hydrogen-bond donors (Lipinski definition) is 3. The van der Waals surface area contributed by atoms with Crippen molar-refractivity contribution in [3.8, 4) is 0 Å². The molecule has 2 aliphatic heterocycles. The van der Waals surface area contributed by atoms with E-state index in [1.54, 1.807) is 0 Å². The summed E-state index contributed by atoms with van der Waals surface area (Å²) >= 11 is 0. The lowest BCUT2D eigenvalue weighted by Gasteiger charge is -2.19. The molecule has 2 fully saturated rings. The van der Waals surface area contributed by atoms with Crippen molar-refractivity contribution in [3.63, 3.8) is 0 Å². The first-order valence-electron chi connectivity index (χ1n) is 6.88. The molecule has 0 radical (unpaired) electrons. The van der Waals surface area contributed by atoms with Crippen LogP contribution in [0.2, 0.25) is 0 Å². The first-order valence-corrected chi connectivity index (χ1v) is 8.38. The Hall–Kier alpha value is -1.62. The summed E-state index contributed by atoms with van der Waals surface area (Å²) in [6, 6.07) is 0. The summed E-state index contributed by atoms with van der Waals surface area (Å²) < 4.78 is 28.7. The molecule has 4 rings (SSSR count). The maximum atomic E-state index is 11.7. The summed E-state index contributed by atoms with van der Waals surface area (Å²) in [5.41, 5.74) is 6.51. The number of nitrogens with two attached hydrogens (primary N) is 1. The molecule has 2 aliphatic rings. The predicted octanol–water partition coefficient (Wildman–Crippen LogP) is -0.427. The first kappa shape index (κ1) is 14.9. The van der Waals surface area contributed by atoms with Crippen LogP contribution in [0.15, 0.2) is 12.7 Å². The summed E-state index contributed by atoms with van der Waals surface area (Å²) in [5.74, 6) is 0.208. The number of hydrogen-bond acceptors (Lipinski definition) is 9. The molecule has 4 heterocycles. The van der Waals surface area contributed by atoms with Crippen molar-refractivity contribution in [3.05, 3.63) is 12.7 Å². The van der Waals surface area contributed by atoms with E-state index in [1.807, 2.05) is 0 Å². The monoisotopic (exact) mass is 343 g/mol. The van der Waals surface area contributed by atoms with Crippen LogP contribution in [0.1, 0.15) is 12.6 Å². The van der Waals surface area contributed by atoms with Crippen LogP contribution in [0.25, 0.3) is 11.2 Å². The summed E-state index contributed by atoms with van der Waals surface area (Å²) in [7, 11) is -4.21. The second kappa shape index (κ2) is 5.20. The molecule has 2 aromatic heterocycles. The molecule has 0 aliphatic carbocycles. The number of nitrogens with zero attached hydrogens (tertiary/aromatic N) is 4. The van der Waals surface area contributed by atoms with E-state index in [1.165, 1.54) is 17.2 Å². The zero-order chi connectivity index (χ0) is 16.2. The molecule has 12 heteroatoms. The second-order valence-corrected chi connectivity index (χ2v) is 6.71. The smallest absolute Gasteiger partial charge is 0.386 e. The van der Waals surface area contributed by atoms with Crippen LogP contribution in [0.3, 0.4) is 0 Å². The Morgan fingerprint density at radius 2 is 2.22 bits per heavy atom. The van der Waals surface area contributed by atoms with Gasteiger partial charge in [0, 0.05) is 6.42 Å². The number of fused-ring (bicyclic) bond motifs is 2. The molecule has 2 unspecified atom stereocenters. The minimum absolute atomic E-state index is 0.00577. The average molecular weight is 343 g/mol. The number of phosphoric ester groups is 1. The number of imidazole rings is 1. The van der Waals surface area contributed by atoms with Crippen LogP contribution in [0.5, 0.6) is 0 Å². The molecule has 5 atom stereocenters. The number of ether oxygens (including phenoxy) is 1. The molecule has 0 bridgehead atoms. The van der Waals surface area contributed by atoms with Gasteiger partial charge >= 0.3 is 7.82 Å². The number of anilines is 1. The SMILES string of the molecule is Nc1ncnc2c1ncn2[C@@H]1O[C@H]2CCOP(=O)(O)O[C@@H]2C1O. The number of aromatic nitrogens is 4. The highest BCUT2D eigenvalue weighted by atomic mass is 31.2. The van der Waals surface area contributed by atoms with E-state index in [2.05, 4.69) is 15.0 Å². The fourth-order valence-corrected chi connectivity index (χ4v) is 3.80. The third-order valence-corrected chi connectivity index (χ3v) is 4.90. The van der Waals surface area contributed by atoms with Crippen molar-refractivity contribution in [2.24, 2.45) is 0 Å². The zero-order valence-electron chi connectivity index (χ0n) is 11.7. The molecule has 0 amide bonds. The van der Waals surface area contributed by atoms with Gasteiger partial charge in [-0.15, -0.1) is 0 Å². The number of aliphatic hydroxyl groups excluding tert-OH is 1. The molecule has 2 aromatic rings. The fourth-order valence-electron chi connectivity index (χ4n) is 2.84. The van der Waals surface area contributed by atoms with Crippen molar-refractivity contribution in [2.45, 2.75) is 31.0 Å². The lowest BCUT2D eigenvalue weighted by atomic mass is 10.1. The molecule has 124 valence electrons. The van der Waals surface area contributed by atoms with E-state index in [0.717, 1.165) is 0 Å². The third-order valence-electron chi connectivity index (χ3n) is 3.88. The van der Waals surface area contributed by atoms with Gasteiger partial charge in [0.15, 0.2) is 17.7 Å². The van der Waals surface area contributed by atoms with Gasteiger partial charge in [0.2, 0.25) is 0 Å². The Kier molecular flexibility index (Phi) is 3.38. The third kappa shape index (κ3) is 2.42. The quantitative estimate of drug-likeness (QED) is 0.581. The Labute approximate surface area is 129 Å². The summed E-state index contributed by atoms with van der Waals surface area (Å²) in [5, 5.41) is 10.5. The van der Waals surface area contributed by atoms with Crippen LogP contribution in [-0.4, -0.2) is 54.4 Å². The van der Waals surface area contributed by atoms with Gasteiger partial charge in [0.05, 0.1) is 19.0 Å². The van der Waals surface area contributed by atoms with E-state index in [0.29, 0.717) is 17.6 Å². The molecule has 0 saturated carbocycles. The Morgan fingerprint density at radius 1 is 1.39 bits per heavy atom. The molecule has 2 saturated heterocycles. The summed E-state index contributed by atoms with van der Waals surface area (Å²) in [6.45, 7) is -0.00577. The highest BCUT2D eigenvalue weighted by Gasteiger charge is 2.50. The van der Waals surface area contributed by atoms with Crippen molar-refractivity contribution in [1.82, 2.24) is 19.5 Å². The van der Waals surface area contributed by atoms with E-state index in [4.69, 9.17) is 19.5 Å². The van der Waals surface area contributed by atoms with E-state index < -0.39 is 32.4 Å². The summed E-state index contributed by atoms with van der Waals surface area (Å²) in [4.78, 5) is 21.6. The fraction of sp³-hybridized carbons (Fsp3) is 0.545. The highest BCUT2D eigenvalue weighted by Crippen LogP contribution is 2.51. The first-order chi connectivity index (χ1) is 11.0. The molecule has 0 spiro atoms. The van der Waals surface area contributed by atoms with Gasteiger partial charge in [-0.3, -0.25) is 13.6 Å². The highest BCUT2D eigenvalue weighted by molar-refractivity contribution is 7.47. The van der Waals surface area contributed by atoms with Crippen molar-refractivity contribution in [2.75, 3.05) is 12.3 Å². The van der Waals surface area contributed by atoms with Crippen molar-refractivity contribution >= 4 is 24.8 Å². The van der Waals surface area contributed by atoms with Crippen LogP contribution in [-0.2, 0) is 18.3 Å². The Bertz CT molecular complexity index is 798. The van der Waals surface area contributed by atoms with E-state index in [-0.39, 0.29) is 12.4 Å². The molecule has 23 heavy (non-hydrogen) atoms. The van der Waals surface area contributed by atoms with Gasteiger partial charge in [0.1, 0.15) is 24.1 Å². The minimum Gasteiger partial charge on any atom is -0.386 e. The van der Waals surface area contributed by atoms with Gasteiger partial charge in [-0.2, -0.15) is 0 Å². The van der Waals surface area contributed by atoms with Crippen LogP contribution in [0, 0.1) is 0 Å². The zero-order valence-corrected chi connectivity index (χ0v) is 12.6. The normalized spacial score (nSPS) is 37.7. The molecule has 0 aromatic carbocycles. The Morgan fingerprint density at radius 3 is 3.04 bits per heavy atom. The average Bonchev–Trinajstić information content (AvgIpc) is 2.99. The number of aliphatic hydroxyl groups is 1. The minimum atomic E-state index is -4.21. The Balaban J connectivity index is 1.70. The van der Waals surface area contributed by atoms with Gasteiger partial charge in [-0.1, -0.05) is 0 Å². The number of phosphoric acid groups is 1. The lowest BCUT2D eigenvalue weighted by molar-refractivity contribution is -0.0397. The standard InChI is InChI=1S/C11H14N5O6P/c12-9-6-10(14-3-13-9)16(4-15-6)11-7(17)8-5(21-11)1-2-20-23(18,19)22-8/h3-5,7-8,11,17H,1-2H2,(H,18,19)(H2,12,13,14)/t5-,7?,8-,11+/m0/s1.